The first-order valence-corrected chi connectivity index (χ1v) is 11.6. The molecule has 0 radical (unpaired) electrons. The average molecular weight is 461 g/mol. The second kappa shape index (κ2) is 8.41. The molecule has 1 atom stereocenters. The molecule has 0 aliphatic carbocycles. The van der Waals surface area contributed by atoms with Gasteiger partial charge in [0.1, 0.15) is 6.04 Å². The minimum atomic E-state index is -3.84. The van der Waals surface area contributed by atoms with Crippen molar-refractivity contribution in [2.24, 2.45) is 0 Å². The highest BCUT2D eigenvalue weighted by atomic mass is 35.5. The summed E-state index contributed by atoms with van der Waals surface area (Å²) < 4.78 is 32.8. The Morgan fingerprint density at radius 2 is 1.87 bits per heavy atom. The Labute approximate surface area is 185 Å². The molecule has 2 heterocycles. The molecule has 0 bridgehead atoms. The van der Waals surface area contributed by atoms with Gasteiger partial charge in [-0.3, -0.25) is 10.1 Å². The topological polar surface area (TPSA) is 105 Å². The zero-order valence-electron chi connectivity index (χ0n) is 17.0. The van der Waals surface area contributed by atoms with E-state index in [-0.39, 0.29) is 23.3 Å². The number of aromatic nitrogens is 2. The number of nitrogens with zero attached hydrogens (tertiary/aromatic N) is 3. The largest absolute Gasteiger partial charge is 0.403 e. The van der Waals surface area contributed by atoms with Gasteiger partial charge < -0.3 is 4.42 Å². The van der Waals surface area contributed by atoms with Gasteiger partial charge >= 0.3 is 6.01 Å². The molecule has 1 aliphatic heterocycles. The predicted octanol–water partition coefficient (Wildman–Crippen LogP) is 3.80. The Morgan fingerprint density at radius 1 is 1.13 bits per heavy atom. The Bertz CT molecular complexity index is 1220. The quantitative estimate of drug-likeness (QED) is 0.620. The maximum Gasteiger partial charge on any atom is 0.322 e. The van der Waals surface area contributed by atoms with Crippen LogP contribution in [0.15, 0.2) is 51.8 Å². The smallest absolute Gasteiger partial charge is 0.322 e. The van der Waals surface area contributed by atoms with E-state index < -0.39 is 22.0 Å². The highest BCUT2D eigenvalue weighted by Crippen LogP contribution is 2.28. The van der Waals surface area contributed by atoms with Crippen LogP contribution in [0, 0.1) is 13.8 Å². The van der Waals surface area contributed by atoms with Crippen molar-refractivity contribution < 1.29 is 17.6 Å². The van der Waals surface area contributed by atoms with E-state index in [1.54, 1.807) is 0 Å². The Hall–Kier alpha value is -2.75. The van der Waals surface area contributed by atoms with Crippen LogP contribution in [-0.2, 0) is 14.8 Å². The van der Waals surface area contributed by atoms with Crippen molar-refractivity contribution >= 4 is 33.5 Å². The second-order valence-corrected chi connectivity index (χ2v) is 9.76. The average Bonchev–Trinajstić information content (AvgIpc) is 3.40. The third-order valence-corrected chi connectivity index (χ3v) is 7.51. The Balaban J connectivity index is 1.51. The maximum atomic E-state index is 13.0. The lowest BCUT2D eigenvalue weighted by molar-refractivity contribution is -0.119. The van der Waals surface area contributed by atoms with Crippen LogP contribution in [0.25, 0.3) is 11.5 Å². The fourth-order valence-corrected chi connectivity index (χ4v) is 5.27. The Morgan fingerprint density at radius 3 is 2.58 bits per heavy atom. The normalized spacial score (nSPS) is 17.1. The molecule has 1 aromatic heterocycles. The number of carbonyl (C=O) groups is 1. The molecule has 1 aliphatic rings. The third kappa shape index (κ3) is 4.34. The molecule has 162 valence electrons. The van der Waals surface area contributed by atoms with Crippen LogP contribution in [0.5, 0.6) is 0 Å². The molecule has 0 spiro atoms. The molecule has 8 nitrogen and oxygen atoms in total. The summed E-state index contributed by atoms with van der Waals surface area (Å²) in [5.41, 5.74) is 2.96. The number of benzene rings is 2. The predicted molar refractivity (Wildman–Crippen MR) is 116 cm³/mol. The maximum absolute atomic E-state index is 13.0. The van der Waals surface area contributed by atoms with Crippen molar-refractivity contribution in [2.45, 2.75) is 37.6 Å². The highest BCUT2D eigenvalue weighted by Gasteiger charge is 2.39. The zero-order valence-corrected chi connectivity index (χ0v) is 18.6. The van der Waals surface area contributed by atoms with Gasteiger partial charge in [-0.1, -0.05) is 22.8 Å². The number of sulfonamides is 1. The molecule has 31 heavy (non-hydrogen) atoms. The van der Waals surface area contributed by atoms with E-state index in [2.05, 4.69) is 15.5 Å². The molecule has 0 saturated carbocycles. The van der Waals surface area contributed by atoms with Crippen molar-refractivity contribution in [3.05, 3.63) is 58.6 Å². The fourth-order valence-electron chi connectivity index (χ4n) is 3.49. The molecular weight excluding hydrogens is 440 g/mol. The first kappa shape index (κ1) is 21.5. The number of aryl methyl sites for hydroxylation is 2. The fraction of sp³-hybridized carbons (Fsp3) is 0.286. The van der Waals surface area contributed by atoms with Crippen molar-refractivity contribution in [3.8, 4) is 11.5 Å². The van der Waals surface area contributed by atoms with E-state index >= 15 is 0 Å². The Kier molecular flexibility index (Phi) is 5.83. The molecule has 1 unspecified atom stereocenters. The number of hydrogen-bond donors (Lipinski definition) is 1. The van der Waals surface area contributed by atoms with E-state index in [0.29, 0.717) is 17.9 Å². The summed E-state index contributed by atoms with van der Waals surface area (Å²) in [5, 5.41) is 10.9. The van der Waals surface area contributed by atoms with Crippen LogP contribution in [0.3, 0.4) is 0 Å². The summed E-state index contributed by atoms with van der Waals surface area (Å²) in [7, 11) is -3.84. The molecule has 10 heteroatoms. The number of hydrogen-bond acceptors (Lipinski definition) is 6. The number of anilines is 1. The molecule has 4 rings (SSSR count). The summed E-state index contributed by atoms with van der Waals surface area (Å²) in [6.07, 6.45) is 0.972. The van der Waals surface area contributed by atoms with Gasteiger partial charge in [0.15, 0.2) is 0 Å². The van der Waals surface area contributed by atoms with Crippen molar-refractivity contribution in [1.29, 1.82) is 0 Å². The van der Waals surface area contributed by atoms with Gasteiger partial charge in [-0.25, -0.2) is 8.42 Å². The summed E-state index contributed by atoms with van der Waals surface area (Å²) >= 11 is 5.86. The summed E-state index contributed by atoms with van der Waals surface area (Å²) in [6, 6.07) is 10.7. The minimum absolute atomic E-state index is 0.0750. The molecule has 1 fully saturated rings. The number of rotatable bonds is 5. The van der Waals surface area contributed by atoms with Crippen LogP contribution >= 0.6 is 11.6 Å². The van der Waals surface area contributed by atoms with Gasteiger partial charge in [-0.05, 0) is 74.2 Å². The lowest BCUT2D eigenvalue weighted by Gasteiger charge is -2.22. The summed E-state index contributed by atoms with van der Waals surface area (Å²) in [6.45, 7) is 4.23. The number of amides is 1. The molecule has 1 N–H and O–H groups in total. The van der Waals surface area contributed by atoms with Crippen molar-refractivity contribution in [1.82, 2.24) is 14.5 Å². The standard InChI is InChI=1S/C21H21ClN4O4S/c1-13-5-6-15(12-14(13)2)20-24-25-21(30-20)23-19(27)18-4-3-11-26(18)31(28,29)17-9-7-16(22)8-10-17/h5-10,12,18H,3-4,11H2,1-2H3,(H,23,25,27). The monoisotopic (exact) mass is 460 g/mol. The minimum Gasteiger partial charge on any atom is -0.403 e. The first-order chi connectivity index (χ1) is 14.8. The van der Waals surface area contributed by atoms with E-state index in [4.69, 9.17) is 16.0 Å². The molecular formula is C21H21ClN4O4S. The van der Waals surface area contributed by atoms with Crippen LogP contribution in [-0.4, -0.2) is 41.4 Å². The van der Waals surface area contributed by atoms with Gasteiger partial charge in [0.2, 0.25) is 21.8 Å². The summed E-state index contributed by atoms with van der Waals surface area (Å²) in [5.74, 6) is -0.235. The van der Waals surface area contributed by atoms with Crippen molar-refractivity contribution in [3.63, 3.8) is 0 Å². The summed E-state index contributed by atoms with van der Waals surface area (Å²) in [4.78, 5) is 12.9. The van der Waals surface area contributed by atoms with Gasteiger partial charge in [0.05, 0.1) is 4.90 Å². The van der Waals surface area contributed by atoms with Crippen LogP contribution in [0.4, 0.5) is 6.01 Å². The molecule has 1 amide bonds. The lowest BCUT2D eigenvalue weighted by Crippen LogP contribution is -2.43. The molecule has 1 saturated heterocycles. The molecule has 2 aromatic carbocycles. The third-order valence-electron chi connectivity index (χ3n) is 5.34. The zero-order chi connectivity index (χ0) is 22.2. The van der Waals surface area contributed by atoms with Gasteiger partial charge in [0, 0.05) is 17.1 Å². The number of halogens is 1. The lowest BCUT2D eigenvalue weighted by atomic mass is 10.1. The van der Waals surface area contributed by atoms with Gasteiger partial charge in [0.25, 0.3) is 0 Å². The van der Waals surface area contributed by atoms with Crippen molar-refractivity contribution in [2.75, 3.05) is 11.9 Å². The van der Waals surface area contributed by atoms with E-state index in [1.807, 2.05) is 32.0 Å². The van der Waals surface area contributed by atoms with E-state index in [9.17, 15) is 13.2 Å². The molecule has 3 aromatic rings. The number of carbonyl (C=O) groups excluding carboxylic acids is 1. The first-order valence-electron chi connectivity index (χ1n) is 9.75. The number of nitrogens with one attached hydrogen (secondary N) is 1. The van der Waals surface area contributed by atoms with Crippen LogP contribution < -0.4 is 5.32 Å². The SMILES string of the molecule is Cc1ccc(-c2nnc(NC(=O)C3CCCN3S(=O)(=O)c3ccc(Cl)cc3)o2)cc1C. The van der Waals surface area contributed by atoms with E-state index in [0.717, 1.165) is 16.7 Å². The van der Waals surface area contributed by atoms with Gasteiger partial charge in [-0.15, -0.1) is 5.10 Å². The van der Waals surface area contributed by atoms with Gasteiger partial charge in [-0.2, -0.15) is 4.31 Å². The van der Waals surface area contributed by atoms with E-state index in [1.165, 1.54) is 28.6 Å². The van der Waals surface area contributed by atoms with Crippen LogP contribution in [0.2, 0.25) is 5.02 Å². The highest BCUT2D eigenvalue weighted by molar-refractivity contribution is 7.89. The van der Waals surface area contributed by atoms with Crippen LogP contribution in [0.1, 0.15) is 24.0 Å². The second-order valence-electron chi connectivity index (χ2n) is 7.43.